The van der Waals surface area contributed by atoms with Crippen LogP contribution in [0, 0.1) is 0 Å². The molecule has 132 valence electrons. The second kappa shape index (κ2) is 7.97. The van der Waals surface area contributed by atoms with Crippen LogP contribution in [-0.2, 0) is 9.59 Å². The normalized spacial score (nSPS) is 10.5. The molecule has 0 bridgehead atoms. The molecule has 0 saturated carbocycles. The van der Waals surface area contributed by atoms with Crippen LogP contribution in [0.2, 0.25) is 5.02 Å². The molecule has 0 atom stereocenters. The minimum atomic E-state index is -0.174. The number of hydrogen-bond donors (Lipinski definition) is 1. The summed E-state index contributed by atoms with van der Waals surface area (Å²) in [6.45, 7) is 1.75. The van der Waals surface area contributed by atoms with E-state index in [1.165, 1.54) is 6.92 Å². The van der Waals surface area contributed by atoms with Gasteiger partial charge in [-0.1, -0.05) is 29.8 Å². The van der Waals surface area contributed by atoms with Crippen molar-refractivity contribution < 1.29 is 9.59 Å². The van der Waals surface area contributed by atoms with Crippen LogP contribution >= 0.6 is 11.6 Å². The second-order valence-corrected chi connectivity index (χ2v) is 6.26. The van der Waals surface area contributed by atoms with Gasteiger partial charge in [0.25, 0.3) is 0 Å². The minimum Gasteiger partial charge on any atom is -0.326 e. The van der Waals surface area contributed by atoms with Gasteiger partial charge in [0.1, 0.15) is 0 Å². The van der Waals surface area contributed by atoms with Crippen LogP contribution in [0.4, 0.5) is 11.4 Å². The van der Waals surface area contributed by atoms with Crippen molar-refractivity contribution in [1.82, 2.24) is 4.98 Å². The highest BCUT2D eigenvalue weighted by molar-refractivity contribution is 6.30. The van der Waals surface area contributed by atoms with Crippen LogP contribution in [0.25, 0.3) is 10.9 Å². The first-order chi connectivity index (χ1) is 12.5. The van der Waals surface area contributed by atoms with Crippen LogP contribution in [0.3, 0.4) is 0 Å². The van der Waals surface area contributed by atoms with E-state index in [2.05, 4.69) is 10.3 Å². The number of halogens is 1. The lowest BCUT2D eigenvalue weighted by molar-refractivity contribution is -0.117. The Kier molecular flexibility index (Phi) is 5.49. The summed E-state index contributed by atoms with van der Waals surface area (Å²) in [5.41, 5.74) is 2.11. The summed E-state index contributed by atoms with van der Waals surface area (Å²) in [6.07, 6.45) is 1.86. The van der Waals surface area contributed by atoms with Crippen molar-refractivity contribution in [2.24, 2.45) is 0 Å². The van der Waals surface area contributed by atoms with Gasteiger partial charge in [-0.2, -0.15) is 0 Å². The number of amides is 2. The SMILES string of the molecule is CC(=O)N(CCC(=O)Nc1ccc(Cl)cc1)c1cccc2cccnc12. The van der Waals surface area contributed by atoms with Crippen molar-refractivity contribution in [3.05, 3.63) is 65.8 Å². The first kappa shape index (κ1) is 17.9. The number of aromatic nitrogens is 1. The lowest BCUT2D eigenvalue weighted by atomic mass is 10.1. The number of para-hydroxylation sites is 1. The van der Waals surface area contributed by atoms with E-state index in [1.54, 1.807) is 35.4 Å². The van der Waals surface area contributed by atoms with Crippen LogP contribution in [0.15, 0.2) is 60.8 Å². The quantitative estimate of drug-likeness (QED) is 0.732. The highest BCUT2D eigenvalue weighted by Crippen LogP contribution is 2.25. The Balaban J connectivity index is 1.73. The zero-order valence-electron chi connectivity index (χ0n) is 14.3. The summed E-state index contributed by atoms with van der Waals surface area (Å²) in [7, 11) is 0. The second-order valence-electron chi connectivity index (χ2n) is 5.83. The lowest BCUT2D eigenvalue weighted by Gasteiger charge is -2.22. The van der Waals surface area contributed by atoms with Crippen molar-refractivity contribution >= 4 is 45.7 Å². The third-order valence-electron chi connectivity index (χ3n) is 3.97. The van der Waals surface area contributed by atoms with Gasteiger partial charge in [-0.05, 0) is 36.4 Å². The molecule has 1 heterocycles. The lowest BCUT2D eigenvalue weighted by Crippen LogP contribution is -2.32. The number of anilines is 2. The number of rotatable bonds is 5. The molecule has 3 aromatic rings. The molecule has 3 rings (SSSR count). The van der Waals surface area contributed by atoms with Crippen LogP contribution in [0.5, 0.6) is 0 Å². The van der Waals surface area contributed by atoms with E-state index in [0.717, 1.165) is 10.9 Å². The van der Waals surface area contributed by atoms with Gasteiger partial charge in [0.05, 0.1) is 11.2 Å². The molecule has 1 N–H and O–H groups in total. The smallest absolute Gasteiger partial charge is 0.226 e. The van der Waals surface area contributed by atoms with E-state index in [9.17, 15) is 9.59 Å². The number of carbonyl (C=O) groups excluding carboxylic acids is 2. The van der Waals surface area contributed by atoms with Gasteiger partial charge in [-0.15, -0.1) is 0 Å². The predicted octanol–water partition coefficient (Wildman–Crippen LogP) is 4.27. The van der Waals surface area contributed by atoms with Crippen molar-refractivity contribution in [2.75, 3.05) is 16.8 Å². The van der Waals surface area contributed by atoms with Gasteiger partial charge >= 0.3 is 0 Å². The number of nitrogens with zero attached hydrogens (tertiary/aromatic N) is 2. The third kappa shape index (κ3) is 4.18. The summed E-state index contributed by atoms with van der Waals surface area (Å²) in [5.74, 6) is -0.311. The van der Waals surface area contributed by atoms with E-state index in [-0.39, 0.29) is 24.8 Å². The molecule has 0 spiro atoms. The molecular formula is C20H18ClN3O2. The topological polar surface area (TPSA) is 62.3 Å². The summed E-state index contributed by atoms with van der Waals surface area (Å²) >= 11 is 5.84. The standard InChI is InChI=1S/C20H18ClN3O2/c1-14(25)24(18-6-2-4-15-5-3-12-22-20(15)18)13-11-19(26)23-17-9-7-16(21)8-10-17/h2-10,12H,11,13H2,1H3,(H,23,26). The fourth-order valence-corrected chi connectivity index (χ4v) is 2.85. The number of hydrogen-bond acceptors (Lipinski definition) is 3. The van der Waals surface area contributed by atoms with Gasteiger partial charge in [0.2, 0.25) is 11.8 Å². The molecule has 26 heavy (non-hydrogen) atoms. The number of fused-ring (bicyclic) bond motifs is 1. The molecule has 2 aromatic carbocycles. The van der Waals surface area contributed by atoms with Crippen molar-refractivity contribution in [3.63, 3.8) is 0 Å². The van der Waals surface area contributed by atoms with Gasteiger partial charge < -0.3 is 10.2 Å². The molecule has 2 amide bonds. The molecule has 0 fully saturated rings. The Labute approximate surface area is 156 Å². The Morgan fingerprint density at radius 3 is 2.54 bits per heavy atom. The number of benzene rings is 2. The maximum atomic E-state index is 12.2. The number of pyridine rings is 1. The molecule has 0 aliphatic carbocycles. The summed E-state index contributed by atoms with van der Waals surface area (Å²) in [4.78, 5) is 30.3. The molecule has 6 heteroatoms. The molecule has 0 unspecified atom stereocenters. The number of carbonyl (C=O) groups is 2. The van der Waals surface area contributed by atoms with Crippen molar-refractivity contribution in [2.45, 2.75) is 13.3 Å². The van der Waals surface area contributed by atoms with Crippen LogP contribution in [-0.4, -0.2) is 23.3 Å². The van der Waals surface area contributed by atoms with Crippen LogP contribution in [0.1, 0.15) is 13.3 Å². The van der Waals surface area contributed by atoms with Gasteiger partial charge in [-0.25, -0.2) is 0 Å². The largest absolute Gasteiger partial charge is 0.326 e. The molecule has 0 aliphatic heterocycles. The maximum absolute atomic E-state index is 12.2. The zero-order chi connectivity index (χ0) is 18.5. The molecule has 5 nitrogen and oxygen atoms in total. The highest BCUT2D eigenvalue weighted by atomic mass is 35.5. The van der Waals surface area contributed by atoms with Crippen molar-refractivity contribution in [1.29, 1.82) is 0 Å². The van der Waals surface area contributed by atoms with Gasteiger partial charge in [-0.3, -0.25) is 14.6 Å². The average Bonchev–Trinajstić information content (AvgIpc) is 2.63. The maximum Gasteiger partial charge on any atom is 0.226 e. The van der Waals surface area contributed by atoms with E-state index in [4.69, 9.17) is 11.6 Å². The van der Waals surface area contributed by atoms with Gasteiger partial charge in [0, 0.05) is 42.2 Å². The molecule has 0 aliphatic rings. The van der Waals surface area contributed by atoms with Crippen molar-refractivity contribution in [3.8, 4) is 0 Å². The van der Waals surface area contributed by atoms with Gasteiger partial charge in [0.15, 0.2) is 0 Å². The van der Waals surface area contributed by atoms with E-state index < -0.39 is 0 Å². The summed E-state index contributed by atoms with van der Waals surface area (Å²) in [5, 5.41) is 4.35. The fraction of sp³-hybridized carbons (Fsp3) is 0.150. The third-order valence-corrected chi connectivity index (χ3v) is 4.22. The minimum absolute atomic E-state index is 0.137. The first-order valence-corrected chi connectivity index (χ1v) is 8.59. The first-order valence-electron chi connectivity index (χ1n) is 8.22. The summed E-state index contributed by atoms with van der Waals surface area (Å²) in [6, 6.07) is 16.3. The Hall–Kier alpha value is -2.92. The molecule has 0 saturated heterocycles. The van der Waals surface area contributed by atoms with E-state index >= 15 is 0 Å². The summed E-state index contributed by atoms with van der Waals surface area (Å²) < 4.78 is 0. The molecule has 1 aromatic heterocycles. The van der Waals surface area contributed by atoms with E-state index in [1.807, 2.05) is 30.3 Å². The Bertz CT molecular complexity index is 936. The highest BCUT2D eigenvalue weighted by Gasteiger charge is 2.16. The van der Waals surface area contributed by atoms with Crippen LogP contribution < -0.4 is 10.2 Å². The Morgan fingerprint density at radius 2 is 1.81 bits per heavy atom. The monoisotopic (exact) mass is 367 g/mol. The fourth-order valence-electron chi connectivity index (χ4n) is 2.72. The molecular weight excluding hydrogens is 350 g/mol. The Morgan fingerprint density at radius 1 is 1.08 bits per heavy atom. The zero-order valence-corrected chi connectivity index (χ0v) is 15.0. The number of nitrogens with one attached hydrogen (secondary N) is 1. The predicted molar refractivity (Wildman–Crippen MR) is 104 cm³/mol. The average molecular weight is 368 g/mol. The molecule has 0 radical (unpaired) electrons. The van der Waals surface area contributed by atoms with E-state index in [0.29, 0.717) is 16.4 Å².